The number of hydrogen-bond acceptors (Lipinski definition) is 5. The van der Waals surface area contributed by atoms with Crippen molar-refractivity contribution in [3.05, 3.63) is 18.6 Å². The van der Waals surface area contributed by atoms with Gasteiger partial charge in [-0.2, -0.15) is 14.6 Å². The Balaban J connectivity index is 1.99. The summed E-state index contributed by atoms with van der Waals surface area (Å²) >= 11 is 0. The number of nitrogens with zero attached hydrogens (tertiary/aromatic N) is 5. The molecule has 3 rings (SSSR count). The fourth-order valence-electron chi connectivity index (χ4n) is 2.45. The number of hydrogen-bond donors (Lipinski definition) is 0. The van der Waals surface area contributed by atoms with E-state index >= 15 is 0 Å². The first kappa shape index (κ1) is 10.5. The fraction of sp³-hybridized carbons (Fsp3) is 0.545. The highest BCUT2D eigenvalue weighted by Gasteiger charge is 2.26. The smallest absolute Gasteiger partial charge is 0.254 e. The third-order valence-electron chi connectivity index (χ3n) is 3.19. The Labute approximate surface area is 99.2 Å². The average molecular weight is 233 g/mol. The molecule has 0 spiro atoms. The summed E-state index contributed by atoms with van der Waals surface area (Å²) in [4.78, 5) is 10.6. The van der Waals surface area contributed by atoms with Crippen molar-refractivity contribution in [1.82, 2.24) is 19.6 Å². The molecule has 0 aromatic carbocycles. The lowest BCUT2D eigenvalue weighted by atomic mass is 10.2. The van der Waals surface area contributed by atoms with E-state index < -0.39 is 0 Å². The summed E-state index contributed by atoms with van der Waals surface area (Å²) in [5.41, 5.74) is 0. The molecule has 1 aliphatic rings. The molecule has 0 radical (unpaired) electrons. The summed E-state index contributed by atoms with van der Waals surface area (Å²) in [5, 5.41) is 4.22. The van der Waals surface area contributed by atoms with E-state index in [1.807, 2.05) is 6.07 Å². The zero-order valence-electron chi connectivity index (χ0n) is 9.78. The number of fused-ring (bicyclic) bond motifs is 1. The zero-order chi connectivity index (χ0) is 11.7. The quantitative estimate of drug-likeness (QED) is 0.782. The summed E-state index contributed by atoms with van der Waals surface area (Å²) in [7, 11) is 1.74. The summed E-state index contributed by atoms with van der Waals surface area (Å²) in [6, 6.07) is 2.41. The minimum Gasteiger partial charge on any atom is -0.383 e. The van der Waals surface area contributed by atoms with Crippen molar-refractivity contribution in [2.24, 2.45) is 0 Å². The first-order valence-electron chi connectivity index (χ1n) is 5.80. The number of methoxy groups -OCH3 is 1. The normalized spacial score (nSPS) is 20.3. The molecule has 0 bridgehead atoms. The predicted octanol–water partition coefficient (Wildman–Crippen LogP) is 0.740. The van der Waals surface area contributed by atoms with Crippen molar-refractivity contribution in [2.75, 3.05) is 25.2 Å². The Bertz CT molecular complexity index is 511. The van der Waals surface area contributed by atoms with Gasteiger partial charge in [-0.1, -0.05) is 0 Å². The van der Waals surface area contributed by atoms with Crippen LogP contribution in [0.2, 0.25) is 0 Å². The van der Waals surface area contributed by atoms with Crippen LogP contribution in [0, 0.1) is 0 Å². The molecule has 1 atom stereocenters. The second-order valence-corrected chi connectivity index (χ2v) is 4.22. The molecule has 1 saturated heterocycles. The molecule has 0 aliphatic carbocycles. The molecule has 0 amide bonds. The Morgan fingerprint density at radius 1 is 1.47 bits per heavy atom. The third-order valence-corrected chi connectivity index (χ3v) is 3.19. The Morgan fingerprint density at radius 3 is 3.29 bits per heavy atom. The van der Waals surface area contributed by atoms with Gasteiger partial charge in [0.1, 0.15) is 12.1 Å². The maximum atomic E-state index is 5.27. The van der Waals surface area contributed by atoms with Crippen LogP contribution in [-0.2, 0) is 4.74 Å². The highest BCUT2D eigenvalue weighted by atomic mass is 16.5. The van der Waals surface area contributed by atoms with E-state index in [1.54, 1.807) is 17.8 Å². The van der Waals surface area contributed by atoms with Crippen LogP contribution in [0.15, 0.2) is 18.6 Å². The van der Waals surface area contributed by atoms with Crippen LogP contribution in [0.1, 0.15) is 12.8 Å². The van der Waals surface area contributed by atoms with Gasteiger partial charge in [0.2, 0.25) is 0 Å². The third kappa shape index (κ3) is 1.74. The van der Waals surface area contributed by atoms with Crippen molar-refractivity contribution in [1.29, 1.82) is 0 Å². The van der Waals surface area contributed by atoms with Gasteiger partial charge < -0.3 is 9.64 Å². The van der Waals surface area contributed by atoms with Crippen LogP contribution in [0.3, 0.4) is 0 Å². The lowest BCUT2D eigenvalue weighted by Crippen LogP contribution is -2.34. The van der Waals surface area contributed by atoms with Gasteiger partial charge >= 0.3 is 0 Å². The van der Waals surface area contributed by atoms with Crippen molar-refractivity contribution in [2.45, 2.75) is 18.9 Å². The Kier molecular flexibility index (Phi) is 2.64. The maximum absolute atomic E-state index is 5.27. The number of anilines is 1. The average Bonchev–Trinajstić information content (AvgIpc) is 2.96. The molecule has 2 aromatic heterocycles. The first-order chi connectivity index (χ1) is 8.40. The van der Waals surface area contributed by atoms with Crippen LogP contribution in [0.5, 0.6) is 0 Å². The molecule has 2 aromatic rings. The summed E-state index contributed by atoms with van der Waals surface area (Å²) in [6.07, 6.45) is 5.66. The van der Waals surface area contributed by atoms with E-state index in [0.29, 0.717) is 11.8 Å². The van der Waals surface area contributed by atoms with Gasteiger partial charge in [0.25, 0.3) is 5.78 Å². The van der Waals surface area contributed by atoms with Crippen molar-refractivity contribution >= 4 is 11.6 Å². The van der Waals surface area contributed by atoms with Crippen molar-refractivity contribution < 1.29 is 4.74 Å². The van der Waals surface area contributed by atoms with Crippen molar-refractivity contribution in [3.63, 3.8) is 0 Å². The largest absolute Gasteiger partial charge is 0.383 e. The van der Waals surface area contributed by atoms with E-state index in [1.165, 1.54) is 12.7 Å². The van der Waals surface area contributed by atoms with Crippen LogP contribution >= 0.6 is 0 Å². The van der Waals surface area contributed by atoms with Gasteiger partial charge in [-0.3, -0.25) is 0 Å². The topological polar surface area (TPSA) is 55.5 Å². The first-order valence-corrected chi connectivity index (χ1v) is 5.80. The minimum absolute atomic E-state index is 0.426. The molecule has 1 aliphatic heterocycles. The van der Waals surface area contributed by atoms with Crippen molar-refractivity contribution in [3.8, 4) is 0 Å². The molecule has 6 nitrogen and oxygen atoms in total. The standard InChI is InChI=1S/C11H15N5O/c1-17-7-9-3-2-6-15(9)10-4-5-12-11-13-8-14-16(10)11/h4-5,8-9H,2-3,6-7H2,1H3. The molecular formula is C11H15N5O. The maximum Gasteiger partial charge on any atom is 0.254 e. The second kappa shape index (κ2) is 4.29. The van der Waals surface area contributed by atoms with E-state index in [9.17, 15) is 0 Å². The van der Waals surface area contributed by atoms with Gasteiger partial charge in [-0.05, 0) is 18.9 Å². The molecule has 1 unspecified atom stereocenters. The van der Waals surface area contributed by atoms with E-state index in [0.717, 1.165) is 25.4 Å². The summed E-state index contributed by atoms with van der Waals surface area (Å²) < 4.78 is 7.05. The van der Waals surface area contributed by atoms with E-state index in [2.05, 4.69) is 20.0 Å². The molecule has 1 fully saturated rings. The molecule has 90 valence electrons. The van der Waals surface area contributed by atoms with Crippen LogP contribution in [0.25, 0.3) is 5.78 Å². The molecule has 0 N–H and O–H groups in total. The minimum atomic E-state index is 0.426. The number of rotatable bonds is 3. The fourth-order valence-corrected chi connectivity index (χ4v) is 2.45. The molecule has 3 heterocycles. The highest BCUT2D eigenvalue weighted by Crippen LogP contribution is 2.24. The zero-order valence-corrected chi connectivity index (χ0v) is 9.78. The lowest BCUT2D eigenvalue weighted by molar-refractivity contribution is 0.180. The Morgan fingerprint density at radius 2 is 2.41 bits per heavy atom. The molecule has 17 heavy (non-hydrogen) atoms. The van der Waals surface area contributed by atoms with Crippen LogP contribution < -0.4 is 4.90 Å². The monoisotopic (exact) mass is 233 g/mol. The number of ether oxygens (including phenoxy) is 1. The van der Waals surface area contributed by atoms with E-state index in [-0.39, 0.29) is 0 Å². The summed E-state index contributed by atoms with van der Waals surface area (Å²) in [6.45, 7) is 1.78. The SMILES string of the molecule is COCC1CCCN1c1ccnc2ncnn12. The Hall–Kier alpha value is -1.69. The lowest BCUT2D eigenvalue weighted by Gasteiger charge is -2.25. The molecular weight excluding hydrogens is 218 g/mol. The second-order valence-electron chi connectivity index (χ2n) is 4.22. The summed E-state index contributed by atoms with van der Waals surface area (Å²) in [5.74, 6) is 1.69. The predicted molar refractivity (Wildman–Crippen MR) is 63.0 cm³/mol. The molecule has 0 saturated carbocycles. The van der Waals surface area contributed by atoms with Crippen LogP contribution in [-0.4, -0.2) is 45.9 Å². The van der Waals surface area contributed by atoms with E-state index in [4.69, 9.17) is 4.74 Å². The van der Waals surface area contributed by atoms with Gasteiger partial charge in [0.15, 0.2) is 0 Å². The van der Waals surface area contributed by atoms with Gasteiger partial charge in [-0.25, -0.2) is 4.98 Å². The van der Waals surface area contributed by atoms with Gasteiger partial charge in [0.05, 0.1) is 12.6 Å². The molecule has 6 heteroatoms. The van der Waals surface area contributed by atoms with Gasteiger partial charge in [0, 0.05) is 19.9 Å². The highest BCUT2D eigenvalue weighted by molar-refractivity contribution is 5.46. The van der Waals surface area contributed by atoms with Gasteiger partial charge in [-0.15, -0.1) is 0 Å². The van der Waals surface area contributed by atoms with Crippen LogP contribution in [0.4, 0.5) is 5.82 Å². The number of aromatic nitrogens is 4.